The molecule has 0 saturated heterocycles. The maximum Gasteiger partial charge on any atom is 0.341 e. The summed E-state index contributed by atoms with van der Waals surface area (Å²) in [7, 11) is 0. The number of nitrogens with two attached hydrogens (primary N) is 2. The molecule has 5 saturated carbocycles. The van der Waals surface area contributed by atoms with Crippen molar-refractivity contribution in [3.63, 3.8) is 0 Å². The summed E-state index contributed by atoms with van der Waals surface area (Å²) in [5, 5.41) is 55.4. The van der Waals surface area contributed by atoms with Gasteiger partial charge < -0.3 is 44.6 Å². The molecule has 0 radical (unpaired) electrons. The number of nitro groups is 5. The molecular weight excluding hydrogens is 1910 g/mol. The number of nitrogen functional groups attached to an aromatic ring is 2. The monoisotopic (exact) mass is 2040 g/mol. The highest BCUT2D eigenvalue weighted by molar-refractivity contribution is 6.35. The first kappa shape index (κ1) is 121. The van der Waals surface area contributed by atoms with Gasteiger partial charge in [0.15, 0.2) is 0 Å². The molecule has 5 aliphatic carbocycles. The minimum absolute atomic E-state index is 0. The first-order valence-corrected chi connectivity index (χ1v) is 48.4. The van der Waals surface area contributed by atoms with Crippen LogP contribution in [0.2, 0.25) is 20.1 Å². The molecule has 0 bridgehead atoms. The van der Waals surface area contributed by atoms with E-state index in [2.05, 4.69) is 4.74 Å². The number of hydrogen-bond acceptors (Lipinski definition) is 26. The van der Waals surface area contributed by atoms with Crippen LogP contribution in [-0.2, 0) is 65.3 Å². The van der Waals surface area contributed by atoms with Crippen molar-refractivity contribution in [2.45, 2.75) is 270 Å². The fourth-order valence-corrected chi connectivity index (χ4v) is 18.3. The van der Waals surface area contributed by atoms with Gasteiger partial charge >= 0.3 is 47.5 Å². The molecule has 0 aromatic heterocycles. The summed E-state index contributed by atoms with van der Waals surface area (Å²) in [6.45, 7) is 16.6. The Morgan fingerprint density at radius 3 is 0.814 bits per heavy atom. The number of carbonyl (C=O) groups is 7. The Kier molecular flexibility index (Phi) is 53.3. The van der Waals surface area contributed by atoms with Crippen molar-refractivity contribution in [1.29, 1.82) is 0 Å². The zero-order valence-electron chi connectivity index (χ0n) is 79.5. The molecular formula is C102H132Cl4F3N7O24. The van der Waals surface area contributed by atoms with Crippen LogP contribution in [0.1, 0.15) is 335 Å². The Morgan fingerprint density at radius 1 is 0.279 bits per heavy atom. The Labute approximate surface area is 835 Å². The number of rotatable bonds is 29. The van der Waals surface area contributed by atoms with E-state index in [-0.39, 0.29) is 125 Å². The maximum atomic E-state index is 14.1. The molecule has 0 amide bonds. The summed E-state index contributed by atoms with van der Waals surface area (Å²) in [5.74, 6) is -4.25. The predicted octanol–water partition coefficient (Wildman–Crippen LogP) is 27.3. The lowest BCUT2D eigenvalue weighted by atomic mass is 9.84. The molecule has 0 atom stereocenters. The first-order chi connectivity index (χ1) is 65.7. The second kappa shape index (κ2) is 61.8. The van der Waals surface area contributed by atoms with Crippen LogP contribution < -0.4 is 11.5 Å². The van der Waals surface area contributed by atoms with Gasteiger partial charge in [0.25, 0.3) is 22.7 Å². The number of nitro benzene ring substituents is 5. The van der Waals surface area contributed by atoms with Gasteiger partial charge in [-0.1, -0.05) is 222 Å². The number of anilines is 2. The molecule has 5 aliphatic rings. The molecule has 140 heavy (non-hydrogen) atoms. The molecule has 0 unspecified atom stereocenters. The number of halogens is 7. The van der Waals surface area contributed by atoms with E-state index in [0.717, 1.165) is 117 Å². The van der Waals surface area contributed by atoms with E-state index < -0.39 is 84.6 Å². The van der Waals surface area contributed by atoms with Gasteiger partial charge in [-0.15, -0.1) is 0 Å². The molecule has 12 rings (SSSR count). The molecule has 0 spiro atoms. The summed E-state index contributed by atoms with van der Waals surface area (Å²) in [6, 6.07) is 18.4. The third kappa shape index (κ3) is 37.8. The van der Waals surface area contributed by atoms with Crippen LogP contribution in [0.4, 0.5) is 53.0 Å². The highest BCUT2D eigenvalue weighted by atomic mass is 35.5. The summed E-state index contributed by atoms with van der Waals surface area (Å²) in [6.07, 6.45) is 33.4. The third-order valence-corrected chi connectivity index (χ3v) is 25.4. The zero-order valence-corrected chi connectivity index (χ0v) is 82.5. The van der Waals surface area contributed by atoms with Crippen molar-refractivity contribution in [2.24, 2.45) is 29.6 Å². The number of benzene rings is 7. The number of nitrogens with zero attached hydrogens (tertiary/aromatic N) is 5. The minimum atomic E-state index is -1.09. The van der Waals surface area contributed by atoms with Crippen molar-refractivity contribution in [3.05, 3.63) is 251 Å². The van der Waals surface area contributed by atoms with Gasteiger partial charge in [0.05, 0.1) is 119 Å². The summed E-state index contributed by atoms with van der Waals surface area (Å²) >= 11 is 23.6. The lowest BCUT2D eigenvalue weighted by Gasteiger charge is -2.22. The zero-order chi connectivity index (χ0) is 102. The smallest absolute Gasteiger partial charge is 0.341 e. The Bertz CT molecular complexity index is 4970. The van der Waals surface area contributed by atoms with Gasteiger partial charge in [-0.3, -0.25) is 50.6 Å². The lowest BCUT2D eigenvalue weighted by molar-refractivity contribution is -0.387. The van der Waals surface area contributed by atoms with Gasteiger partial charge in [-0.2, -0.15) is 4.39 Å². The predicted molar refractivity (Wildman–Crippen MR) is 533 cm³/mol. The number of hydrogen-bond donors (Lipinski definition) is 2. The van der Waals surface area contributed by atoms with Gasteiger partial charge in [0.1, 0.15) is 22.2 Å². The highest BCUT2D eigenvalue weighted by Crippen LogP contribution is 2.40. The first-order valence-electron chi connectivity index (χ1n) is 46.9. The quantitative estimate of drug-likeness (QED) is 0.0145. The molecule has 768 valence electrons. The topological polar surface area (TPSA) is 452 Å². The normalized spacial score (nSPS) is 14.2. The van der Waals surface area contributed by atoms with E-state index in [4.69, 9.17) is 86.3 Å². The second-order valence-corrected chi connectivity index (χ2v) is 35.7. The number of aryl methyl sites for hydroxylation is 2. The van der Waals surface area contributed by atoms with Gasteiger partial charge in [0.2, 0.25) is 5.82 Å². The second-order valence-electron chi connectivity index (χ2n) is 34.1. The SMILES string of the molecule is C.C.CCOC(=O)c1cc(N)c(CC2CCCCC2)cc1Cl.CCOC(=O)c1cc(N)c(CC2CCCCC2)cc1F.CCOC(=O)c1cc([N+](=O)[O-])c(CC2CCCCC2)cc1C.CCOC(=O)c1cc([N+](=O)[O-])c(CC2CCCCC2)cc1Cl.CCOC(=O)c1cc([N+](=O)[O-])c(CC2CCCCC2)cc1F.CCOC(=O)c1cc([N+](=O)[O-])c(Cl)cc1C.CCOC(=O)c1cc([N+](=O)[O-])c(F)cc1Cl. The Hall–Kier alpha value is -11.6. The van der Waals surface area contributed by atoms with Crippen LogP contribution in [0.5, 0.6) is 0 Å². The van der Waals surface area contributed by atoms with E-state index in [9.17, 15) is 97.3 Å². The van der Waals surface area contributed by atoms with E-state index in [1.165, 1.54) is 139 Å². The number of esters is 7. The molecule has 5 fully saturated rings. The molecule has 7 aromatic rings. The van der Waals surface area contributed by atoms with Crippen molar-refractivity contribution < 1.29 is 105 Å². The van der Waals surface area contributed by atoms with E-state index >= 15 is 0 Å². The molecule has 31 nitrogen and oxygen atoms in total. The molecule has 7 aromatic carbocycles. The molecule has 4 N–H and O–H groups in total. The van der Waals surface area contributed by atoms with Crippen molar-refractivity contribution in [2.75, 3.05) is 57.7 Å². The number of carbonyl (C=O) groups excluding carboxylic acids is 7. The number of ether oxygens (including phenoxy) is 7. The van der Waals surface area contributed by atoms with Crippen LogP contribution in [0.25, 0.3) is 0 Å². The van der Waals surface area contributed by atoms with Gasteiger partial charge in [0, 0.05) is 64.5 Å². The largest absolute Gasteiger partial charge is 0.462 e. The Balaban J connectivity index is 0.000000341. The summed E-state index contributed by atoms with van der Waals surface area (Å²) < 4.78 is 74.9. The lowest BCUT2D eigenvalue weighted by Crippen LogP contribution is -2.13. The average molecular weight is 2040 g/mol. The molecule has 38 heteroatoms. The summed E-state index contributed by atoms with van der Waals surface area (Å²) in [5.41, 5.74) is 16.9. The molecule has 0 aliphatic heterocycles. The van der Waals surface area contributed by atoms with Crippen LogP contribution >= 0.6 is 46.4 Å². The Morgan fingerprint density at radius 2 is 0.493 bits per heavy atom. The van der Waals surface area contributed by atoms with Gasteiger partial charge in [-0.25, -0.2) is 42.3 Å². The third-order valence-electron chi connectivity index (χ3n) is 24.2. The van der Waals surface area contributed by atoms with Crippen molar-refractivity contribution in [1.82, 2.24) is 0 Å². The van der Waals surface area contributed by atoms with E-state index in [0.29, 0.717) is 99.3 Å². The van der Waals surface area contributed by atoms with Crippen LogP contribution in [-0.4, -0.2) is 113 Å². The maximum absolute atomic E-state index is 14.1. The fourth-order valence-electron chi connectivity index (χ4n) is 17.3. The van der Waals surface area contributed by atoms with Crippen molar-refractivity contribution >= 4 is 128 Å². The van der Waals surface area contributed by atoms with Crippen molar-refractivity contribution in [3.8, 4) is 0 Å². The summed E-state index contributed by atoms with van der Waals surface area (Å²) in [4.78, 5) is 134. The van der Waals surface area contributed by atoms with Crippen LogP contribution in [0.3, 0.4) is 0 Å². The standard InChI is InChI=1S/C17H23NO4.C16H20ClNO4.C16H22ClNO2.C16H20FNO4.C16H22FNO2.C10H10ClNO4.C9H7ClFNO4.2CH4/c1-3-22-17(19)15-11-16(18(20)21)14(9-12(15)2)10-13-7-5-4-6-8-13;1-2-22-16(19)13-10-15(18(20)21)12(9-14(13)17)8-11-6-4-3-5-7-11;1-2-20-16(19)13-10-15(18)12(9-14(13)17)8-11-6-4-3-5-7-11;1-2-22-16(19)13-10-15(18(20)21)12(9-14(13)17)8-11-6-4-3-5-7-11;1-2-20-16(19)13-10-15(18)12(9-14(13)17)8-11-6-4-3-5-7-11;1-3-16-10(13)7-5-9(12(14)15)8(11)4-6(7)2;1-2-16-9(13)5-3-8(12(14)15)7(11)4-6(5)10;;/h9,11,13H,3-8,10H2,1-2H3;9-11H,2-8H2,1H3;9-11H,2-8,18H2,1H3;9-11H,2-8H2,1H3;9-11H,2-8,18H2,1H3;4-5H,3H2,1-2H3;3-4H,2H2,1H3;2*1H4. The average Bonchev–Trinajstić information content (AvgIpc) is 0.723. The highest BCUT2D eigenvalue weighted by Gasteiger charge is 2.32. The fraction of sp³-hybridized carbons (Fsp3) is 0.520. The molecule has 0 heterocycles. The van der Waals surface area contributed by atoms with E-state index in [1.54, 1.807) is 80.5 Å². The van der Waals surface area contributed by atoms with E-state index in [1.807, 2.05) is 6.07 Å². The van der Waals surface area contributed by atoms with Crippen LogP contribution in [0.15, 0.2) is 84.9 Å². The minimum Gasteiger partial charge on any atom is -0.462 e. The van der Waals surface area contributed by atoms with Gasteiger partial charge in [-0.05, 0) is 195 Å². The van der Waals surface area contributed by atoms with Crippen LogP contribution in [0, 0.1) is 111 Å².